The van der Waals surface area contributed by atoms with Crippen LogP contribution in [0.3, 0.4) is 0 Å². The van der Waals surface area contributed by atoms with Gasteiger partial charge in [-0.15, -0.1) is 0 Å². The van der Waals surface area contributed by atoms with Gasteiger partial charge in [0.25, 0.3) is 5.91 Å². The van der Waals surface area contributed by atoms with E-state index in [0.717, 1.165) is 11.4 Å². The van der Waals surface area contributed by atoms with Crippen LogP contribution < -0.4 is 15.4 Å². The van der Waals surface area contributed by atoms with Crippen LogP contribution in [0, 0.1) is 0 Å². The molecule has 1 heterocycles. The summed E-state index contributed by atoms with van der Waals surface area (Å²) in [5.41, 5.74) is 2.51. The molecular formula is C19H16ClN3O2. The SMILES string of the molecule is COc1cccc(NC(=O)c2cc(Nc3cccc(Cl)c3)ccn2)c1. The lowest BCUT2D eigenvalue weighted by Crippen LogP contribution is -2.13. The van der Waals surface area contributed by atoms with Crippen molar-refractivity contribution in [3.63, 3.8) is 0 Å². The second kappa shape index (κ2) is 7.68. The first kappa shape index (κ1) is 16.8. The van der Waals surface area contributed by atoms with Crippen molar-refractivity contribution in [2.45, 2.75) is 0 Å². The number of nitrogens with zero attached hydrogens (tertiary/aromatic N) is 1. The molecule has 1 aromatic heterocycles. The number of anilines is 3. The number of rotatable bonds is 5. The van der Waals surface area contributed by atoms with Gasteiger partial charge in [-0.3, -0.25) is 9.78 Å². The van der Waals surface area contributed by atoms with E-state index in [-0.39, 0.29) is 5.91 Å². The van der Waals surface area contributed by atoms with E-state index in [4.69, 9.17) is 16.3 Å². The van der Waals surface area contributed by atoms with E-state index >= 15 is 0 Å². The fourth-order valence-corrected chi connectivity index (χ4v) is 2.45. The van der Waals surface area contributed by atoms with Crippen LogP contribution in [-0.4, -0.2) is 18.0 Å². The molecule has 6 heteroatoms. The summed E-state index contributed by atoms with van der Waals surface area (Å²) >= 11 is 5.98. The van der Waals surface area contributed by atoms with E-state index in [1.165, 1.54) is 0 Å². The second-order valence-corrected chi connectivity index (χ2v) is 5.69. The van der Waals surface area contributed by atoms with Crippen LogP contribution in [0.4, 0.5) is 17.1 Å². The van der Waals surface area contributed by atoms with Crippen molar-refractivity contribution in [3.8, 4) is 5.75 Å². The molecule has 0 fully saturated rings. The summed E-state index contributed by atoms with van der Waals surface area (Å²) in [6.07, 6.45) is 1.58. The van der Waals surface area contributed by atoms with Crippen molar-refractivity contribution in [3.05, 3.63) is 77.6 Å². The highest BCUT2D eigenvalue weighted by Crippen LogP contribution is 2.21. The number of aromatic nitrogens is 1. The van der Waals surface area contributed by atoms with Crippen molar-refractivity contribution >= 4 is 34.6 Å². The molecule has 0 bridgehead atoms. The lowest BCUT2D eigenvalue weighted by molar-refractivity contribution is 0.102. The van der Waals surface area contributed by atoms with Gasteiger partial charge in [0.05, 0.1) is 7.11 Å². The van der Waals surface area contributed by atoms with E-state index in [2.05, 4.69) is 15.6 Å². The molecule has 126 valence electrons. The minimum absolute atomic E-state index is 0.301. The molecule has 0 atom stereocenters. The number of amides is 1. The van der Waals surface area contributed by atoms with Crippen LogP contribution in [0.1, 0.15) is 10.5 Å². The Hall–Kier alpha value is -3.05. The monoisotopic (exact) mass is 353 g/mol. The van der Waals surface area contributed by atoms with Gasteiger partial charge in [0.2, 0.25) is 0 Å². The molecule has 25 heavy (non-hydrogen) atoms. The molecule has 3 rings (SSSR count). The number of ether oxygens (including phenoxy) is 1. The Bertz CT molecular complexity index is 899. The number of nitrogens with one attached hydrogen (secondary N) is 2. The van der Waals surface area contributed by atoms with Crippen LogP contribution >= 0.6 is 11.6 Å². The van der Waals surface area contributed by atoms with Gasteiger partial charge in [-0.2, -0.15) is 0 Å². The molecule has 0 aliphatic carbocycles. The first-order chi connectivity index (χ1) is 12.1. The van der Waals surface area contributed by atoms with E-state index in [1.807, 2.05) is 18.2 Å². The smallest absolute Gasteiger partial charge is 0.274 e. The number of hydrogen-bond donors (Lipinski definition) is 2. The highest BCUT2D eigenvalue weighted by Gasteiger charge is 2.09. The Balaban J connectivity index is 1.75. The predicted molar refractivity (Wildman–Crippen MR) is 99.9 cm³/mol. The number of carbonyl (C=O) groups excluding carboxylic acids is 1. The molecular weight excluding hydrogens is 338 g/mol. The number of benzene rings is 2. The minimum atomic E-state index is -0.303. The van der Waals surface area contributed by atoms with Crippen LogP contribution in [0.5, 0.6) is 5.75 Å². The Morgan fingerprint density at radius 2 is 1.76 bits per heavy atom. The van der Waals surface area contributed by atoms with Crippen molar-refractivity contribution in [2.24, 2.45) is 0 Å². The van der Waals surface area contributed by atoms with E-state index in [1.54, 1.807) is 55.8 Å². The Morgan fingerprint density at radius 1 is 1.00 bits per heavy atom. The van der Waals surface area contributed by atoms with Gasteiger partial charge < -0.3 is 15.4 Å². The lowest BCUT2D eigenvalue weighted by atomic mass is 10.2. The predicted octanol–water partition coefficient (Wildman–Crippen LogP) is 4.74. The van der Waals surface area contributed by atoms with Gasteiger partial charge in [0.1, 0.15) is 11.4 Å². The summed E-state index contributed by atoms with van der Waals surface area (Å²) in [4.78, 5) is 16.5. The van der Waals surface area contributed by atoms with E-state index in [9.17, 15) is 4.79 Å². The number of pyridine rings is 1. The van der Waals surface area contributed by atoms with Crippen molar-refractivity contribution in [1.29, 1.82) is 0 Å². The summed E-state index contributed by atoms with van der Waals surface area (Å²) in [5.74, 6) is 0.366. The fourth-order valence-electron chi connectivity index (χ4n) is 2.26. The summed E-state index contributed by atoms with van der Waals surface area (Å²) in [7, 11) is 1.58. The zero-order valence-corrected chi connectivity index (χ0v) is 14.2. The van der Waals surface area contributed by atoms with Crippen molar-refractivity contribution in [1.82, 2.24) is 4.98 Å². The average Bonchev–Trinajstić information content (AvgIpc) is 2.62. The molecule has 0 radical (unpaired) electrons. The molecule has 0 unspecified atom stereocenters. The van der Waals surface area contributed by atoms with Gasteiger partial charge in [-0.1, -0.05) is 23.7 Å². The molecule has 0 aliphatic rings. The van der Waals surface area contributed by atoms with Crippen LogP contribution in [0.25, 0.3) is 0 Å². The lowest BCUT2D eigenvalue weighted by Gasteiger charge is -2.09. The molecule has 2 aromatic carbocycles. The molecule has 2 N–H and O–H groups in total. The molecule has 0 saturated carbocycles. The molecule has 0 spiro atoms. The Kier molecular flexibility index (Phi) is 5.16. The van der Waals surface area contributed by atoms with Crippen molar-refractivity contribution in [2.75, 3.05) is 17.7 Å². The Labute approximate surface area is 150 Å². The summed E-state index contributed by atoms with van der Waals surface area (Å²) in [5, 5.41) is 6.63. The molecule has 0 saturated heterocycles. The molecule has 3 aromatic rings. The van der Waals surface area contributed by atoms with Crippen molar-refractivity contribution < 1.29 is 9.53 Å². The summed E-state index contributed by atoms with van der Waals surface area (Å²) < 4.78 is 5.15. The van der Waals surface area contributed by atoms with Crippen LogP contribution in [0.2, 0.25) is 5.02 Å². The third kappa shape index (κ3) is 4.49. The average molecular weight is 354 g/mol. The molecule has 5 nitrogen and oxygen atoms in total. The van der Waals surface area contributed by atoms with Crippen LogP contribution in [0.15, 0.2) is 66.9 Å². The van der Waals surface area contributed by atoms with Gasteiger partial charge >= 0.3 is 0 Å². The third-order valence-corrected chi connectivity index (χ3v) is 3.67. The van der Waals surface area contributed by atoms with Gasteiger partial charge in [0, 0.05) is 34.3 Å². The summed E-state index contributed by atoms with van der Waals surface area (Å²) in [6.45, 7) is 0. The van der Waals surface area contributed by atoms with Crippen LogP contribution in [-0.2, 0) is 0 Å². The first-order valence-corrected chi connectivity index (χ1v) is 7.96. The standard InChI is InChI=1S/C19H16ClN3O2/c1-25-17-7-3-6-15(11-17)23-19(24)18-12-16(8-9-21-18)22-14-5-2-4-13(20)10-14/h2-12H,1H3,(H,21,22)(H,23,24). The number of methoxy groups -OCH3 is 1. The highest BCUT2D eigenvalue weighted by molar-refractivity contribution is 6.30. The Morgan fingerprint density at radius 3 is 2.56 bits per heavy atom. The highest BCUT2D eigenvalue weighted by atomic mass is 35.5. The zero-order chi connectivity index (χ0) is 17.6. The van der Waals surface area contributed by atoms with E-state index < -0.39 is 0 Å². The number of hydrogen-bond acceptors (Lipinski definition) is 4. The maximum absolute atomic E-state index is 12.4. The molecule has 1 amide bonds. The maximum atomic E-state index is 12.4. The summed E-state index contributed by atoms with van der Waals surface area (Å²) in [6, 6.07) is 17.9. The fraction of sp³-hybridized carbons (Fsp3) is 0.0526. The second-order valence-electron chi connectivity index (χ2n) is 5.25. The maximum Gasteiger partial charge on any atom is 0.274 e. The number of carbonyl (C=O) groups is 1. The first-order valence-electron chi connectivity index (χ1n) is 7.58. The van der Waals surface area contributed by atoms with Gasteiger partial charge in [0.15, 0.2) is 0 Å². The third-order valence-electron chi connectivity index (χ3n) is 3.43. The normalized spacial score (nSPS) is 10.2. The topological polar surface area (TPSA) is 63.2 Å². The minimum Gasteiger partial charge on any atom is -0.497 e. The largest absolute Gasteiger partial charge is 0.497 e. The molecule has 0 aliphatic heterocycles. The van der Waals surface area contributed by atoms with Gasteiger partial charge in [-0.05, 0) is 42.5 Å². The van der Waals surface area contributed by atoms with E-state index in [0.29, 0.717) is 22.2 Å². The van der Waals surface area contributed by atoms with Gasteiger partial charge in [-0.25, -0.2) is 0 Å². The quantitative estimate of drug-likeness (QED) is 0.695. The number of halogens is 1. The zero-order valence-electron chi connectivity index (χ0n) is 13.5.